The van der Waals surface area contributed by atoms with E-state index >= 15 is 0 Å². The zero-order valence-electron chi connectivity index (χ0n) is 14.8. The number of carbonyl (C=O) groups is 1. The number of rotatable bonds is 8. The Morgan fingerprint density at radius 2 is 1.79 bits per heavy atom. The van der Waals surface area contributed by atoms with Crippen LogP contribution in [0.1, 0.15) is 25.7 Å². The number of ether oxygens (including phenoxy) is 1. The van der Waals surface area contributed by atoms with Crippen LogP contribution in [-0.2, 0) is 14.6 Å². The quantitative estimate of drug-likeness (QED) is 0.658. The van der Waals surface area contributed by atoms with Crippen molar-refractivity contribution in [2.75, 3.05) is 6.61 Å². The number of benzene rings is 2. The van der Waals surface area contributed by atoms with Crippen molar-refractivity contribution in [2.24, 2.45) is 0 Å². The molecule has 0 spiro atoms. The smallest absolute Gasteiger partial charge is 0.303 e. The highest BCUT2D eigenvalue weighted by atomic mass is 32.2. The van der Waals surface area contributed by atoms with E-state index in [1.54, 1.807) is 12.1 Å². The molecule has 28 heavy (non-hydrogen) atoms. The van der Waals surface area contributed by atoms with Crippen molar-refractivity contribution in [3.8, 4) is 16.9 Å². The molecule has 5 nitrogen and oxygen atoms in total. The largest absolute Gasteiger partial charge is 0.488 e. The van der Waals surface area contributed by atoms with Crippen molar-refractivity contribution >= 4 is 15.8 Å². The van der Waals surface area contributed by atoms with Crippen molar-refractivity contribution < 1.29 is 31.8 Å². The van der Waals surface area contributed by atoms with Crippen molar-refractivity contribution in [1.82, 2.24) is 0 Å². The summed E-state index contributed by atoms with van der Waals surface area (Å²) in [6, 6.07) is 8.04. The lowest BCUT2D eigenvalue weighted by Gasteiger charge is -2.15. The molecule has 0 fully saturated rings. The molecule has 1 aliphatic carbocycles. The highest BCUT2D eigenvalue weighted by Crippen LogP contribution is 2.33. The number of hydrogen-bond acceptors (Lipinski definition) is 4. The van der Waals surface area contributed by atoms with E-state index < -0.39 is 33.2 Å². The maximum atomic E-state index is 14.3. The normalized spacial score (nSPS) is 13.6. The van der Waals surface area contributed by atoms with Crippen LogP contribution in [-0.4, -0.2) is 26.1 Å². The van der Waals surface area contributed by atoms with Gasteiger partial charge in [0.25, 0.3) is 0 Å². The third-order valence-corrected chi connectivity index (χ3v) is 6.30. The summed E-state index contributed by atoms with van der Waals surface area (Å²) in [7, 11) is -3.58. The number of carboxylic acids is 1. The van der Waals surface area contributed by atoms with E-state index in [9.17, 15) is 22.0 Å². The monoisotopic (exact) mass is 408 g/mol. The minimum absolute atomic E-state index is 0.0748. The zero-order chi connectivity index (χ0) is 20.3. The first-order chi connectivity index (χ1) is 13.3. The summed E-state index contributed by atoms with van der Waals surface area (Å²) < 4.78 is 58.6. The van der Waals surface area contributed by atoms with Crippen LogP contribution in [0.25, 0.3) is 11.1 Å². The maximum Gasteiger partial charge on any atom is 0.303 e. The minimum Gasteiger partial charge on any atom is -0.488 e. The number of carboxylic acid groups (broad SMARTS) is 1. The molecule has 0 saturated heterocycles. The third-order valence-electron chi connectivity index (χ3n) is 4.37. The molecule has 0 radical (unpaired) electrons. The summed E-state index contributed by atoms with van der Waals surface area (Å²) in [6.07, 6.45) is 2.81. The zero-order valence-corrected chi connectivity index (χ0v) is 15.6. The SMILES string of the molecule is O=C(O)CCCOc1c(F)cc(-c2cccc(S(=O)(=O)C3=CCC3)c2)cc1F. The van der Waals surface area contributed by atoms with Crippen molar-refractivity contribution in [3.05, 3.63) is 59.0 Å². The van der Waals surface area contributed by atoms with Gasteiger partial charge in [-0.2, -0.15) is 0 Å². The summed E-state index contributed by atoms with van der Waals surface area (Å²) in [5, 5.41) is 8.57. The van der Waals surface area contributed by atoms with Crippen LogP contribution in [0.4, 0.5) is 8.78 Å². The molecule has 8 heteroatoms. The van der Waals surface area contributed by atoms with Crippen LogP contribution >= 0.6 is 0 Å². The molecule has 0 bridgehead atoms. The topological polar surface area (TPSA) is 80.7 Å². The van der Waals surface area contributed by atoms with Gasteiger partial charge in [-0.25, -0.2) is 17.2 Å². The second-order valence-corrected chi connectivity index (χ2v) is 8.36. The standard InChI is InChI=1S/C20H18F2O5S/c21-17-11-14(12-18(22)20(17)27-9-3-8-19(23)24)13-4-1-7-16(10-13)28(25,26)15-5-2-6-15/h1,4-5,7,10-12H,2-3,6,8-9H2,(H,23,24). The lowest BCUT2D eigenvalue weighted by molar-refractivity contribution is -0.137. The number of sulfone groups is 1. The van der Waals surface area contributed by atoms with Gasteiger partial charge in [0.1, 0.15) is 0 Å². The predicted molar refractivity (Wildman–Crippen MR) is 98.7 cm³/mol. The Labute approximate surface area is 161 Å². The van der Waals surface area contributed by atoms with Gasteiger partial charge in [-0.05, 0) is 54.7 Å². The van der Waals surface area contributed by atoms with Gasteiger partial charge < -0.3 is 9.84 Å². The summed E-state index contributed by atoms with van der Waals surface area (Å²) in [4.78, 5) is 10.9. The van der Waals surface area contributed by atoms with Crippen molar-refractivity contribution in [3.63, 3.8) is 0 Å². The minimum atomic E-state index is -3.58. The van der Waals surface area contributed by atoms with Crippen molar-refractivity contribution in [2.45, 2.75) is 30.6 Å². The Morgan fingerprint density at radius 1 is 1.11 bits per heavy atom. The van der Waals surface area contributed by atoms with E-state index in [4.69, 9.17) is 9.84 Å². The van der Waals surface area contributed by atoms with Gasteiger partial charge in [0.2, 0.25) is 9.84 Å². The van der Waals surface area contributed by atoms with E-state index in [1.165, 1.54) is 18.2 Å². The molecule has 0 unspecified atom stereocenters. The van der Waals surface area contributed by atoms with E-state index in [1.807, 2.05) is 0 Å². The Morgan fingerprint density at radius 3 is 2.36 bits per heavy atom. The van der Waals surface area contributed by atoms with Gasteiger partial charge >= 0.3 is 5.97 Å². The lowest BCUT2D eigenvalue weighted by Crippen LogP contribution is -2.09. The summed E-state index contributed by atoms with van der Waals surface area (Å²) in [5.74, 6) is -3.49. The molecule has 1 N–H and O–H groups in total. The maximum absolute atomic E-state index is 14.3. The molecular formula is C20H18F2O5S. The average molecular weight is 408 g/mol. The van der Waals surface area contributed by atoms with Gasteiger partial charge in [-0.3, -0.25) is 4.79 Å². The molecule has 148 valence electrons. The predicted octanol–water partition coefficient (Wildman–Crippen LogP) is 4.33. The summed E-state index contributed by atoms with van der Waals surface area (Å²) >= 11 is 0. The highest BCUT2D eigenvalue weighted by molar-refractivity contribution is 7.95. The first-order valence-electron chi connectivity index (χ1n) is 8.67. The number of aliphatic carboxylic acids is 1. The first-order valence-corrected chi connectivity index (χ1v) is 10.2. The fourth-order valence-electron chi connectivity index (χ4n) is 2.76. The molecule has 2 aromatic rings. The molecule has 2 aromatic carbocycles. The molecule has 0 amide bonds. The molecular weight excluding hydrogens is 390 g/mol. The second kappa shape index (κ2) is 8.10. The fourth-order valence-corrected chi connectivity index (χ4v) is 4.33. The molecule has 0 saturated carbocycles. The molecule has 3 rings (SSSR count). The summed E-state index contributed by atoms with van der Waals surface area (Å²) in [5.41, 5.74) is 0.531. The Hall–Kier alpha value is -2.74. The van der Waals surface area contributed by atoms with E-state index in [0.29, 0.717) is 16.9 Å². The van der Waals surface area contributed by atoms with Gasteiger partial charge in [-0.15, -0.1) is 0 Å². The van der Waals surface area contributed by atoms with E-state index in [2.05, 4.69) is 0 Å². The van der Waals surface area contributed by atoms with Gasteiger partial charge in [0.15, 0.2) is 17.4 Å². The van der Waals surface area contributed by atoms with Gasteiger partial charge in [0.05, 0.1) is 11.5 Å². The van der Waals surface area contributed by atoms with Crippen LogP contribution in [0.2, 0.25) is 0 Å². The van der Waals surface area contributed by atoms with Crippen molar-refractivity contribution in [1.29, 1.82) is 0 Å². The Balaban J connectivity index is 1.84. The molecule has 0 heterocycles. The molecule has 0 atom stereocenters. The average Bonchev–Trinajstić information content (AvgIpc) is 2.58. The van der Waals surface area contributed by atoms with E-state index in [-0.39, 0.29) is 29.9 Å². The van der Waals surface area contributed by atoms with Crippen LogP contribution in [0.5, 0.6) is 5.75 Å². The van der Waals surface area contributed by atoms with Crippen LogP contribution in [0.3, 0.4) is 0 Å². The third kappa shape index (κ3) is 4.22. The first kappa shape index (κ1) is 20.0. The van der Waals surface area contributed by atoms with Crippen LogP contribution in [0.15, 0.2) is 52.3 Å². The second-order valence-electron chi connectivity index (χ2n) is 6.36. The lowest BCUT2D eigenvalue weighted by atomic mass is 10.1. The van der Waals surface area contributed by atoms with Crippen LogP contribution in [0, 0.1) is 11.6 Å². The fraction of sp³-hybridized carbons (Fsp3) is 0.250. The number of halogens is 2. The van der Waals surface area contributed by atoms with Gasteiger partial charge in [-0.1, -0.05) is 18.2 Å². The summed E-state index contributed by atoms with van der Waals surface area (Å²) in [6.45, 7) is -0.137. The Bertz CT molecular complexity index is 1020. The number of hydrogen-bond donors (Lipinski definition) is 1. The molecule has 1 aliphatic rings. The van der Waals surface area contributed by atoms with E-state index in [0.717, 1.165) is 18.6 Å². The molecule has 0 aliphatic heterocycles. The van der Waals surface area contributed by atoms with Gasteiger partial charge in [0, 0.05) is 11.3 Å². The number of allylic oxidation sites excluding steroid dienone is 2. The highest BCUT2D eigenvalue weighted by Gasteiger charge is 2.24. The van der Waals surface area contributed by atoms with Crippen LogP contribution < -0.4 is 4.74 Å². The molecule has 0 aromatic heterocycles. The Kier molecular flexibility index (Phi) is 5.79.